The molecule has 1 aromatic heterocycles. The molecule has 5 heteroatoms. The van der Waals surface area contributed by atoms with Crippen LogP contribution in [-0.4, -0.2) is 26.9 Å². The highest BCUT2D eigenvalue weighted by Gasteiger charge is 2.30. The van der Waals surface area contributed by atoms with Gasteiger partial charge in [0.1, 0.15) is 5.82 Å². The minimum Gasteiger partial charge on any atom is -0.328 e. The third kappa shape index (κ3) is 5.66. The van der Waals surface area contributed by atoms with Gasteiger partial charge in [-0.15, -0.1) is 0 Å². The van der Waals surface area contributed by atoms with Crippen LogP contribution >= 0.6 is 0 Å². The van der Waals surface area contributed by atoms with Crippen molar-refractivity contribution in [1.82, 2.24) is 14.5 Å². The lowest BCUT2D eigenvalue weighted by atomic mass is 10.0. The summed E-state index contributed by atoms with van der Waals surface area (Å²) in [6, 6.07) is 22.8. The predicted molar refractivity (Wildman–Crippen MR) is 151 cm³/mol. The van der Waals surface area contributed by atoms with Crippen LogP contribution in [0.2, 0.25) is 0 Å². The minimum atomic E-state index is -0.355. The lowest BCUT2D eigenvalue weighted by Gasteiger charge is -2.33. The fraction of sp³-hybridized carbons (Fsp3) is 0.344. The average molecular weight is 496 g/mol. The number of amides is 1. The van der Waals surface area contributed by atoms with E-state index in [-0.39, 0.29) is 17.5 Å². The smallest absolute Gasteiger partial charge is 0.266 e. The van der Waals surface area contributed by atoms with Gasteiger partial charge in [0, 0.05) is 12.1 Å². The van der Waals surface area contributed by atoms with Crippen LogP contribution in [0, 0.1) is 13.8 Å². The van der Waals surface area contributed by atoms with Crippen molar-refractivity contribution in [3.05, 3.63) is 106 Å². The van der Waals surface area contributed by atoms with Crippen LogP contribution in [0.25, 0.3) is 16.6 Å². The molecular formula is C32H37N3O2. The molecule has 5 nitrogen and oxygen atoms in total. The molecule has 3 aromatic carbocycles. The number of hydrogen-bond acceptors (Lipinski definition) is 3. The topological polar surface area (TPSA) is 55.2 Å². The second-order valence-electron chi connectivity index (χ2n) is 9.76. The Morgan fingerprint density at radius 3 is 2.41 bits per heavy atom. The van der Waals surface area contributed by atoms with Crippen LogP contribution in [-0.2, 0) is 0 Å². The summed E-state index contributed by atoms with van der Waals surface area (Å²) in [6.45, 7) is 8.85. The van der Waals surface area contributed by atoms with Gasteiger partial charge >= 0.3 is 0 Å². The highest BCUT2D eigenvalue weighted by atomic mass is 16.2. The SMILES string of the molecule is CCCCCCN(C(=O)c1ccccc1C)C(CC)c1nc2ccccc2c(=O)n1-c1cccc(C)c1. The number of unbranched alkanes of at least 4 members (excludes halogenated alkanes) is 3. The number of aromatic nitrogens is 2. The summed E-state index contributed by atoms with van der Waals surface area (Å²) < 4.78 is 1.72. The molecule has 1 unspecified atom stereocenters. The molecule has 0 radical (unpaired) electrons. The molecule has 0 aliphatic rings. The highest BCUT2D eigenvalue weighted by molar-refractivity contribution is 5.96. The molecule has 0 spiro atoms. The lowest BCUT2D eigenvalue weighted by molar-refractivity contribution is 0.0654. The fourth-order valence-electron chi connectivity index (χ4n) is 5.01. The fourth-order valence-corrected chi connectivity index (χ4v) is 5.01. The zero-order valence-corrected chi connectivity index (χ0v) is 22.4. The van der Waals surface area contributed by atoms with Crippen molar-refractivity contribution in [3.8, 4) is 5.69 Å². The minimum absolute atomic E-state index is 0.0142. The number of hydrogen-bond donors (Lipinski definition) is 0. The van der Waals surface area contributed by atoms with Crippen LogP contribution in [0.3, 0.4) is 0 Å². The van der Waals surface area contributed by atoms with E-state index in [2.05, 4.69) is 13.8 Å². The number of aryl methyl sites for hydroxylation is 2. The molecule has 0 bridgehead atoms. The number of fused-ring (bicyclic) bond motifs is 1. The highest BCUT2D eigenvalue weighted by Crippen LogP contribution is 2.29. The monoisotopic (exact) mass is 495 g/mol. The van der Waals surface area contributed by atoms with E-state index in [9.17, 15) is 9.59 Å². The number of para-hydroxylation sites is 1. The third-order valence-corrected chi connectivity index (χ3v) is 7.01. The zero-order valence-electron chi connectivity index (χ0n) is 22.4. The molecule has 0 aliphatic heterocycles. The van der Waals surface area contributed by atoms with E-state index >= 15 is 0 Å². The van der Waals surface area contributed by atoms with E-state index in [4.69, 9.17) is 4.98 Å². The molecular weight excluding hydrogens is 458 g/mol. The molecule has 37 heavy (non-hydrogen) atoms. The zero-order chi connectivity index (χ0) is 26.4. The van der Waals surface area contributed by atoms with Gasteiger partial charge in [-0.3, -0.25) is 14.2 Å². The van der Waals surface area contributed by atoms with E-state index in [0.29, 0.717) is 35.3 Å². The van der Waals surface area contributed by atoms with Crippen molar-refractivity contribution in [2.24, 2.45) is 0 Å². The quantitative estimate of drug-likeness (QED) is 0.219. The lowest BCUT2D eigenvalue weighted by Crippen LogP contribution is -2.39. The maximum Gasteiger partial charge on any atom is 0.266 e. The molecule has 4 rings (SSSR count). The Morgan fingerprint density at radius 1 is 0.919 bits per heavy atom. The molecule has 1 amide bonds. The Balaban J connectivity index is 1.91. The maximum atomic E-state index is 14.1. The largest absolute Gasteiger partial charge is 0.328 e. The molecule has 192 valence electrons. The van der Waals surface area contributed by atoms with E-state index in [1.807, 2.05) is 91.5 Å². The first kappa shape index (κ1) is 26.3. The summed E-state index contributed by atoms with van der Waals surface area (Å²) in [5, 5.41) is 0.572. The van der Waals surface area contributed by atoms with Gasteiger partial charge in [0.25, 0.3) is 11.5 Å². The maximum absolute atomic E-state index is 14.1. The van der Waals surface area contributed by atoms with E-state index < -0.39 is 0 Å². The Kier molecular flexibility index (Phi) is 8.54. The summed E-state index contributed by atoms with van der Waals surface area (Å²) in [5.74, 6) is 0.592. The van der Waals surface area contributed by atoms with Crippen LogP contribution < -0.4 is 5.56 Å². The van der Waals surface area contributed by atoms with Gasteiger partial charge in [0.15, 0.2) is 0 Å². The van der Waals surface area contributed by atoms with Gasteiger partial charge in [-0.05, 0) is 68.1 Å². The van der Waals surface area contributed by atoms with Crippen molar-refractivity contribution in [2.45, 2.75) is 65.8 Å². The summed E-state index contributed by atoms with van der Waals surface area (Å²) in [5.41, 5.74) is 4.01. The first-order valence-corrected chi connectivity index (χ1v) is 13.4. The van der Waals surface area contributed by atoms with Crippen LogP contribution in [0.15, 0.2) is 77.6 Å². The predicted octanol–water partition coefficient (Wildman–Crippen LogP) is 7.18. The van der Waals surface area contributed by atoms with Crippen LogP contribution in [0.4, 0.5) is 0 Å². The van der Waals surface area contributed by atoms with Gasteiger partial charge in [0.05, 0.1) is 22.6 Å². The van der Waals surface area contributed by atoms with E-state index in [1.54, 1.807) is 4.57 Å². The van der Waals surface area contributed by atoms with Crippen LogP contribution in [0.1, 0.15) is 79.3 Å². The van der Waals surface area contributed by atoms with Gasteiger partial charge in [0.2, 0.25) is 0 Å². The number of nitrogens with zero attached hydrogens (tertiary/aromatic N) is 3. The molecule has 0 saturated carbocycles. The summed E-state index contributed by atoms with van der Waals surface area (Å²) in [4.78, 5) is 35.0. The van der Waals surface area contributed by atoms with Gasteiger partial charge < -0.3 is 4.90 Å². The van der Waals surface area contributed by atoms with Gasteiger partial charge in [-0.2, -0.15) is 0 Å². The summed E-state index contributed by atoms with van der Waals surface area (Å²) in [7, 11) is 0. The number of carbonyl (C=O) groups is 1. The van der Waals surface area contributed by atoms with Gasteiger partial charge in [-0.1, -0.05) is 75.6 Å². The van der Waals surface area contributed by atoms with Crippen molar-refractivity contribution >= 4 is 16.8 Å². The van der Waals surface area contributed by atoms with Gasteiger partial charge in [-0.25, -0.2) is 4.98 Å². The van der Waals surface area contributed by atoms with Crippen molar-refractivity contribution < 1.29 is 4.79 Å². The second-order valence-corrected chi connectivity index (χ2v) is 9.76. The number of benzene rings is 3. The summed E-state index contributed by atoms with van der Waals surface area (Å²) in [6.07, 6.45) is 4.86. The van der Waals surface area contributed by atoms with Crippen molar-refractivity contribution in [3.63, 3.8) is 0 Å². The average Bonchev–Trinajstić information content (AvgIpc) is 2.90. The molecule has 1 atom stereocenters. The second kappa shape index (κ2) is 12.0. The molecule has 0 saturated heterocycles. The number of rotatable bonds is 10. The Labute approximate surface area is 219 Å². The standard InChI is InChI=1S/C32H37N3O2/c1-5-7-8-13-21-34(31(36)26-18-10-9-16-24(26)4)29(6-2)30-33-28-20-12-11-19-27(28)32(37)35(30)25-17-14-15-23(3)22-25/h9-12,14-20,22,29H,5-8,13,21H2,1-4H3. The first-order chi connectivity index (χ1) is 18.0. The van der Waals surface area contributed by atoms with E-state index in [0.717, 1.165) is 42.5 Å². The Bertz CT molecular complexity index is 1440. The summed E-state index contributed by atoms with van der Waals surface area (Å²) >= 11 is 0. The van der Waals surface area contributed by atoms with Crippen molar-refractivity contribution in [2.75, 3.05) is 6.54 Å². The molecule has 0 aliphatic carbocycles. The Hall–Kier alpha value is -3.73. The molecule has 0 fully saturated rings. The van der Waals surface area contributed by atoms with Crippen molar-refractivity contribution in [1.29, 1.82) is 0 Å². The molecule has 1 heterocycles. The van der Waals surface area contributed by atoms with Crippen LogP contribution in [0.5, 0.6) is 0 Å². The first-order valence-electron chi connectivity index (χ1n) is 13.4. The normalized spacial score (nSPS) is 12.0. The number of carbonyl (C=O) groups excluding carboxylic acids is 1. The Morgan fingerprint density at radius 2 is 1.68 bits per heavy atom. The van der Waals surface area contributed by atoms with E-state index in [1.165, 1.54) is 0 Å². The molecule has 0 N–H and O–H groups in total. The third-order valence-electron chi connectivity index (χ3n) is 7.01. The molecule has 4 aromatic rings.